The lowest BCUT2D eigenvalue weighted by Crippen LogP contribution is -2.28. The summed E-state index contributed by atoms with van der Waals surface area (Å²) in [6.45, 7) is 3.46. The number of carbonyl (C=O) groups is 1. The second-order valence-electron chi connectivity index (χ2n) is 8.54. The fourth-order valence-corrected chi connectivity index (χ4v) is 4.05. The number of halogens is 1. The Morgan fingerprint density at radius 2 is 1.86 bits per heavy atom. The molecular formula is C28H30FN3O4. The van der Waals surface area contributed by atoms with E-state index in [-0.39, 0.29) is 5.82 Å². The summed E-state index contributed by atoms with van der Waals surface area (Å²) >= 11 is 0. The summed E-state index contributed by atoms with van der Waals surface area (Å²) in [6, 6.07) is 21.5. The molecule has 0 aliphatic rings. The monoisotopic (exact) mass is 491 g/mol. The van der Waals surface area contributed by atoms with Crippen molar-refractivity contribution in [2.45, 2.75) is 32.4 Å². The van der Waals surface area contributed by atoms with Gasteiger partial charge in [-0.05, 0) is 66.9 Å². The third-order valence-corrected chi connectivity index (χ3v) is 5.90. The van der Waals surface area contributed by atoms with Crippen molar-refractivity contribution in [3.05, 3.63) is 84.2 Å². The molecule has 1 N–H and O–H groups in total. The highest BCUT2D eigenvalue weighted by molar-refractivity contribution is 5.78. The van der Waals surface area contributed by atoms with Crippen molar-refractivity contribution >= 4 is 23.0 Å². The molecule has 0 saturated carbocycles. The molecule has 7 nitrogen and oxygen atoms in total. The first-order valence-electron chi connectivity index (χ1n) is 12.0. The molecule has 0 amide bonds. The molecule has 4 aromatic rings. The Bertz CT molecular complexity index is 1310. The van der Waals surface area contributed by atoms with Gasteiger partial charge < -0.3 is 24.0 Å². The van der Waals surface area contributed by atoms with Crippen LogP contribution in [0.25, 0.3) is 11.0 Å². The maximum Gasteiger partial charge on any atom is 0.344 e. The zero-order valence-electron chi connectivity index (χ0n) is 20.4. The molecule has 4 rings (SSSR count). The molecule has 1 heterocycles. The number of para-hydroxylation sites is 2. The van der Waals surface area contributed by atoms with E-state index in [1.54, 1.807) is 25.1 Å². The Labute approximate surface area is 209 Å². The SMILES string of the molecule is CCC(Oc1cccc(CN(CCCOc2ccc(F)cc2)c2nc3ccccc3n2C)c1)C(=O)O. The van der Waals surface area contributed by atoms with E-state index in [0.29, 0.717) is 44.0 Å². The molecule has 1 aromatic heterocycles. The maximum absolute atomic E-state index is 13.1. The molecule has 0 fully saturated rings. The molecule has 188 valence electrons. The summed E-state index contributed by atoms with van der Waals surface area (Å²) < 4.78 is 26.7. The number of aromatic nitrogens is 2. The number of rotatable bonds is 12. The van der Waals surface area contributed by atoms with Gasteiger partial charge in [-0.1, -0.05) is 31.2 Å². The van der Waals surface area contributed by atoms with Crippen LogP contribution in [0.5, 0.6) is 11.5 Å². The van der Waals surface area contributed by atoms with Crippen LogP contribution >= 0.6 is 0 Å². The van der Waals surface area contributed by atoms with E-state index in [1.807, 2.05) is 49.5 Å². The van der Waals surface area contributed by atoms with Crippen molar-refractivity contribution in [2.75, 3.05) is 18.1 Å². The molecule has 8 heteroatoms. The number of fused-ring (bicyclic) bond motifs is 1. The zero-order chi connectivity index (χ0) is 25.5. The van der Waals surface area contributed by atoms with E-state index in [0.717, 1.165) is 22.5 Å². The van der Waals surface area contributed by atoms with E-state index < -0.39 is 12.1 Å². The predicted octanol–water partition coefficient (Wildman–Crippen LogP) is 5.43. The second kappa shape index (κ2) is 11.6. The molecule has 0 radical (unpaired) electrons. The molecule has 36 heavy (non-hydrogen) atoms. The Morgan fingerprint density at radius 3 is 2.58 bits per heavy atom. The third-order valence-electron chi connectivity index (χ3n) is 5.90. The lowest BCUT2D eigenvalue weighted by atomic mass is 10.2. The van der Waals surface area contributed by atoms with Gasteiger partial charge in [0.1, 0.15) is 17.3 Å². The van der Waals surface area contributed by atoms with Gasteiger partial charge in [0.25, 0.3) is 0 Å². The molecule has 0 aliphatic heterocycles. The number of benzene rings is 3. The lowest BCUT2D eigenvalue weighted by molar-refractivity contribution is -0.145. The summed E-state index contributed by atoms with van der Waals surface area (Å²) in [5.41, 5.74) is 2.91. The van der Waals surface area contributed by atoms with Crippen molar-refractivity contribution in [1.82, 2.24) is 9.55 Å². The summed E-state index contributed by atoms with van der Waals surface area (Å²) in [5.74, 6) is 0.688. The van der Waals surface area contributed by atoms with E-state index in [9.17, 15) is 14.3 Å². The minimum atomic E-state index is -0.981. The minimum absolute atomic E-state index is 0.296. The average Bonchev–Trinajstić information content (AvgIpc) is 3.22. The highest BCUT2D eigenvalue weighted by Gasteiger charge is 2.18. The number of hydrogen-bond acceptors (Lipinski definition) is 5. The van der Waals surface area contributed by atoms with Crippen LogP contribution < -0.4 is 14.4 Å². The largest absolute Gasteiger partial charge is 0.494 e. The molecule has 0 aliphatic carbocycles. The van der Waals surface area contributed by atoms with E-state index in [1.165, 1.54) is 12.1 Å². The van der Waals surface area contributed by atoms with Gasteiger partial charge in [0.15, 0.2) is 6.10 Å². The van der Waals surface area contributed by atoms with Gasteiger partial charge in [-0.3, -0.25) is 0 Å². The molecule has 0 spiro atoms. The van der Waals surface area contributed by atoms with E-state index >= 15 is 0 Å². The van der Waals surface area contributed by atoms with Crippen LogP contribution in [0, 0.1) is 5.82 Å². The molecule has 1 atom stereocenters. The number of imidazole rings is 1. The van der Waals surface area contributed by atoms with Gasteiger partial charge >= 0.3 is 5.97 Å². The van der Waals surface area contributed by atoms with Crippen LogP contribution in [0.15, 0.2) is 72.8 Å². The van der Waals surface area contributed by atoms with Crippen LogP contribution in [-0.2, 0) is 18.4 Å². The number of aliphatic carboxylic acids is 1. The topological polar surface area (TPSA) is 76.8 Å². The fourth-order valence-electron chi connectivity index (χ4n) is 4.05. The molecule has 0 saturated heterocycles. The average molecular weight is 492 g/mol. The number of aryl methyl sites for hydroxylation is 1. The number of anilines is 1. The number of carboxylic acids is 1. The predicted molar refractivity (Wildman–Crippen MR) is 137 cm³/mol. The van der Waals surface area contributed by atoms with E-state index in [4.69, 9.17) is 14.5 Å². The van der Waals surface area contributed by atoms with Crippen molar-refractivity contribution in [3.8, 4) is 11.5 Å². The summed E-state index contributed by atoms with van der Waals surface area (Å²) in [5, 5.41) is 9.34. The normalized spacial score (nSPS) is 11.9. The number of hydrogen-bond donors (Lipinski definition) is 1. The Kier molecular flexibility index (Phi) is 8.05. The Balaban J connectivity index is 1.52. The second-order valence-corrected chi connectivity index (χ2v) is 8.54. The number of carboxylic acid groups (broad SMARTS) is 1. The van der Waals surface area contributed by atoms with Crippen LogP contribution in [0.4, 0.5) is 10.3 Å². The first kappa shape index (κ1) is 25.0. The maximum atomic E-state index is 13.1. The molecular weight excluding hydrogens is 461 g/mol. The Hall–Kier alpha value is -4.07. The van der Waals surface area contributed by atoms with Crippen LogP contribution in [-0.4, -0.2) is 39.9 Å². The molecule has 0 bridgehead atoms. The van der Waals surface area contributed by atoms with Gasteiger partial charge in [0, 0.05) is 20.1 Å². The quantitative estimate of drug-likeness (QED) is 0.266. The van der Waals surface area contributed by atoms with Gasteiger partial charge in [0.2, 0.25) is 5.95 Å². The smallest absolute Gasteiger partial charge is 0.344 e. The summed E-state index contributed by atoms with van der Waals surface area (Å²) in [7, 11) is 1.99. The van der Waals surface area contributed by atoms with Crippen LogP contribution in [0.2, 0.25) is 0 Å². The van der Waals surface area contributed by atoms with Crippen LogP contribution in [0.3, 0.4) is 0 Å². The Morgan fingerprint density at radius 1 is 1.08 bits per heavy atom. The van der Waals surface area contributed by atoms with Crippen molar-refractivity contribution < 1.29 is 23.8 Å². The standard InChI is InChI=1S/C28H30FN3O4/c1-3-26(27(33)34)36-23-9-6-8-20(18-23)19-32(16-7-17-35-22-14-12-21(29)13-15-22)28-30-24-10-4-5-11-25(24)31(28)2/h4-6,8-15,18,26H,3,7,16-17,19H2,1-2H3,(H,33,34). The first-order chi connectivity index (χ1) is 17.4. The molecule has 3 aromatic carbocycles. The highest BCUT2D eigenvalue weighted by Crippen LogP contribution is 2.24. The third kappa shape index (κ3) is 6.13. The number of nitrogens with zero attached hydrogens (tertiary/aromatic N) is 3. The fraction of sp³-hybridized carbons (Fsp3) is 0.286. The summed E-state index contributed by atoms with van der Waals surface area (Å²) in [6.07, 6.45) is 0.202. The lowest BCUT2D eigenvalue weighted by Gasteiger charge is -2.24. The highest BCUT2D eigenvalue weighted by atomic mass is 19.1. The minimum Gasteiger partial charge on any atom is -0.494 e. The molecule has 1 unspecified atom stereocenters. The van der Waals surface area contributed by atoms with Crippen molar-refractivity contribution in [1.29, 1.82) is 0 Å². The summed E-state index contributed by atoms with van der Waals surface area (Å²) in [4.78, 5) is 18.4. The van der Waals surface area contributed by atoms with Gasteiger partial charge in [0.05, 0.1) is 17.6 Å². The van der Waals surface area contributed by atoms with Crippen LogP contribution in [0.1, 0.15) is 25.3 Å². The van der Waals surface area contributed by atoms with Crippen molar-refractivity contribution in [3.63, 3.8) is 0 Å². The zero-order valence-corrected chi connectivity index (χ0v) is 20.4. The number of ether oxygens (including phenoxy) is 2. The first-order valence-corrected chi connectivity index (χ1v) is 12.0. The van der Waals surface area contributed by atoms with Crippen molar-refractivity contribution in [2.24, 2.45) is 7.05 Å². The van der Waals surface area contributed by atoms with Gasteiger partial charge in [-0.15, -0.1) is 0 Å². The van der Waals surface area contributed by atoms with Gasteiger partial charge in [-0.25, -0.2) is 14.2 Å². The van der Waals surface area contributed by atoms with Gasteiger partial charge in [-0.2, -0.15) is 0 Å². The van der Waals surface area contributed by atoms with E-state index in [2.05, 4.69) is 9.47 Å².